The highest BCUT2D eigenvalue weighted by Gasteiger charge is 2.45. The number of hydrogen-bond acceptors (Lipinski definition) is 21. The van der Waals surface area contributed by atoms with Crippen LogP contribution in [-0.2, 0) is 102 Å². The molecular weight excluding hydrogens is 1850 g/mol. The van der Waals surface area contributed by atoms with Crippen molar-refractivity contribution in [2.45, 2.75) is 153 Å². The molecule has 136 heavy (non-hydrogen) atoms. The van der Waals surface area contributed by atoms with Crippen molar-refractivity contribution >= 4 is 119 Å². The van der Waals surface area contributed by atoms with E-state index >= 15 is 17.2 Å². The summed E-state index contributed by atoms with van der Waals surface area (Å²) in [5, 5.41) is 18.0. The minimum absolute atomic E-state index is 0.00961. The number of allylic oxidation sites excluding steroid dienone is 6. The van der Waals surface area contributed by atoms with Crippen LogP contribution in [0.15, 0.2) is 241 Å². The van der Waals surface area contributed by atoms with Crippen LogP contribution in [0.2, 0.25) is 0 Å². The van der Waals surface area contributed by atoms with Crippen molar-refractivity contribution in [1.82, 2.24) is 39.8 Å². The molecule has 32 nitrogen and oxygen atoms in total. The first-order chi connectivity index (χ1) is 64.5. The van der Waals surface area contributed by atoms with Gasteiger partial charge in [-0.1, -0.05) is 68.0 Å². The molecule has 6 aliphatic heterocycles. The van der Waals surface area contributed by atoms with E-state index in [0.717, 1.165) is 40.5 Å². The number of ether oxygens (including phenoxy) is 1. The zero-order valence-corrected chi connectivity index (χ0v) is 78.8. The van der Waals surface area contributed by atoms with Crippen molar-refractivity contribution < 1.29 is 102 Å². The van der Waals surface area contributed by atoms with Crippen LogP contribution in [0.25, 0.3) is 39.1 Å². The number of carbonyl (C=O) groups excluding carboxylic acids is 4. The van der Waals surface area contributed by atoms with Crippen LogP contribution >= 0.6 is 0 Å². The lowest BCUT2D eigenvalue weighted by molar-refractivity contribution is -0.401. The van der Waals surface area contributed by atoms with Gasteiger partial charge >= 0.3 is 0 Å². The third-order valence-corrected chi connectivity index (χ3v) is 31.1. The normalized spacial score (nSPS) is 16.6. The van der Waals surface area contributed by atoms with E-state index in [4.69, 9.17) is 14.9 Å². The summed E-state index contributed by atoms with van der Waals surface area (Å²) in [6.45, 7) is 8.23. The average molecular weight is 1950 g/mol. The number of sulfonamides is 1. The molecule has 16 rings (SSSR count). The Bertz CT molecular complexity index is 7470. The second kappa shape index (κ2) is 38.5. The molecule has 0 saturated carbocycles. The number of unbranched alkanes of at least 4 members (excludes halogenated alkanes) is 3. The molecule has 0 bridgehead atoms. The Hall–Kier alpha value is -12.7. The van der Waals surface area contributed by atoms with Gasteiger partial charge in [-0.3, -0.25) is 37.4 Å². The van der Waals surface area contributed by atoms with Crippen molar-refractivity contribution in [3.8, 4) is 33.9 Å². The number of halogens is 2. The summed E-state index contributed by atoms with van der Waals surface area (Å²) in [5.41, 5.74) is 15.4. The Morgan fingerprint density at radius 1 is 0.640 bits per heavy atom. The zero-order chi connectivity index (χ0) is 96.9. The standard InChI is InChI=1S/C97H98F2N12O20S5/c1-96(2)76-54-71(135(124,125)126)29-35-83(76)106(5)89(96)22-8-6-9-23-90-97(3,4)77-55-72(136(127,128)129)30-36-84(77)110(90)42-15-7-10-24-91(113)101-57-65-58-111(105-104-65)68-18-16-17-64(49-68)95(115)103-80(20-13-14-41-100)85(112)59-130-93-78(98)47-60(48-79(93)99)56-102-94(114)61-37-43-107(44-38-61)132(116,117)88-21-12-11-19-75(88)92-73-31-25-66(108-45-39-62-50-69(133(118,119)120)27-33-81(62)108)52-86(73)131-87-53-67(26-32-74(87)92)109-46-40-63-51-70(134(121,122)123)28-34-82(63)109/h6,8-9,11-12,16-19,21-23,25-36,47-55,58,61,80H,7,10,13-15,20,24,37-46,56-57,59,100H2,1-5H3,(H5-2,101,102,103,113,114,115,118,119,120,121,122,123,124,125,126,127,128,129)/p+2/t80-/m0/s1. The van der Waals surface area contributed by atoms with Gasteiger partial charge in [-0.05, 0) is 210 Å². The van der Waals surface area contributed by atoms with Crippen LogP contribution in [0.4, 0.5) is 37.2 Å². The number of nitrogens with two attached hydrogens (primary N) is 1. The Balaban J connectivity index is 0.513. The first-order valence-electron chi connectivity index (χ1n) is 44.1. The van der Waals surface area contributed by atoms with E-state index in [2.05, 4.69) is 31.2 Å². The molecule has 1 fully saturated rings. The zero-order valence-electron chi connectivity index (χ0n) is 74.7. The molecule has 1 aliphatic carbocycles. The number of benzene rings is 9. The third-order valence-electron chi connectivity index (χ3n) is 25.8. The summed E-state index contributed by atoms with van der Waals surface area (Å²) in [6.07, 6.45) is 15.1. The van der Waals surface area contributed by atoms with Gasteiger partial charge in [0.2, 0.25) is 38.6 Å². The summed E-state index contributed by atoms with van der Waals surface area (Å²) in [7, 11) is -20.4. The number of nitrogens with one attached hydrogen (secondary N) is 3. The Morgan fingerprint density at radius 2 is 1.32 bits per heavy atom. The molecule has 1 aromatic heterocycles. The van der Waals surface area contributed by atoms with Gasteiger partial charge in [0.05, 0.1) is 60.4 Å². The lowest BCUT2D eigenvalue weighted by atomic mass is 9.81. The first kappa shape index (κ1) is 96.4. The van der Waals surface area contributed by atoms with Gasteiger partial charge in [0, 0.05) is 149 Å². The average Bonchev–Trinajstić information content (AvgIpc) is 1.08. The smallest absolute Gasteiger partial charge is 0.294 e. The maximum absolute atomic E-state index is 15.9. The monoisotopic (exact) mass is 1950 g/mol. The molecule has 710 valence electrons. The van der Waals surface area contributed by atoms with Crippen molar-refractivity contribution in [1.29, 1.82) is 0 Å². The molecule has 39 heteroatoms. The Labute approximate surface area is 785 Å². The van der Waals surface area contributed by atoms with Crippen LogP contribution in [0.1, 0.15) is 129 Å². The number of Topliss-reactive ketones (excluding diaryl/α,β-unsaturated/α-hetero) is 1. The van der Waals surface area contributed by atoms with E-state index < -0.39 is 115 Å². The number of amides is 3. The summed E-state index contributed by atoms with van der Waals surface area (Å²) < 4.78 is 218. The molecule has 7 heterocycles. The number of fused-ring (bicyclic) bond motifs is 6. The number of hydrogen-bond donors (Lipinski definition) is 8. The molecule has 0 radical (unpaired) electrons. The van der Waals surface area contributed by atoms with E-state index in [1.807, 2.05) is 116 Å². The van der Waals surface area contributed by atoms with Crippen LogP contribution in [-0.4, -0.2) is 172 Å². The summed E-state index contributed by atoms with van der Waals surface area (Å²) in [6, 6.07) is 42.3. The quantitative estimate of drug-likeness (QED) is 0.00622. The topological polar surface area (TPSA) is 451 Å². The number of nitrogens with zero attached hydrogens (tertiary/aromatic N) is 8. The van der Waals surface area contributed by atoms with E-state index in [9.17, 15) is 71.1 Å². The fraction of sp³-hybridized carbons (Fsp3) is 0.299. The van der Waals surface area contributed by atoms with Gasteiger partial charge < -0.3 is 40.6 Å². The predicted octanol–water partition coefficient (Wildman–Crippen LogP) is 12.7. The largest absolute Gasteiger partial charge is 0.480 e. The molecule has 0 spiro atoms. The van der Waals surface area contributed by atoms with Gasteiger partial charge in [0.25, 0.3) is 46.4 Å². The number of anilines is 3. The lowest BCUT2D eigenvalue weighted by Crippen LogP contribution is -2.43. The molecule has 8 aromatic carbocycles. The fourth-order valence-corrected chi connectivity index (χ4v) is 22.4. The Morgan fingerprint density at radius 3 is 2.03 bits per heavy atom. The third kappa shape index (κ3) is 20.1. The maximum Gasteiger partial charge on any atom is 0.294 e. The van der Waals surface area contributed by atoms with Gasteiger partial charge in [-0.2, -0.15) is 47.1 Å². The first-order valence-corrected chi connectivity index (χ1v) is 51.3. The molecule has 9 aromatic rings. The van der Waals surface area contributed by atoms with Gasteiger partial charge in [-0.25, -0.2) is 21.9 Å². The summed E-state index contributed by atoms with van der Waals surface area (Å²) in [4.78, 5) is 58.2. The lowest BCUT2D eigenvalue weighted by Gasteiger charge is -2.31. The second-order valence-corrected chi connectivity index (χ2v) is 42.9. The summed E-state index contributed by atoms with van der Waals surface area (Å²) in [5.74, 6) is -5.69. The minimum Gasteiger partial charge on any atom is -0.480 e. The Kier molecular flexibility index (Phi) is 27.3. The highest BCUT2D eigenvalue weighted by atomic mass is 32.2. The predicted molar refractivity (Wildman–Crippen MR) is 504 cm³/mol. The summed E-state index contributed by atoms with van der Waals surface area (Å²) >= 11 is 0. The maximum atomic E-state index is 15.9. The van der Waals surface area contributed by atoms with Crippen molar-refractivity contribution in [3.63, 3.8) is 0 Å². The number of ketones is 1. The van der Waals surface area contributed by atoms with Gasteiger partial charge in [0.15, 0.2) is 35.4 Å². The van der Waals surface area contributed by atoms with Crippen LogP contribution < -0.4 is 46.2 Å². The van der Waals surface area contributed by atoms with Crippen LogP contribution in [0.5, 0.6) is 5.75 Å². The van der Waals surface area contributed by atoms with Crippen molar-refractivity contribution in [3.05, 3.63) is 268 Å². The number of piperidine rings is 1. The molecule has 1 saturated heterocycles. The fourth-order valence-electron chi connectivity index (χ4n) is 18.7. The molecular formula is C97H100F2N12O20S5+2. The van der Waals surface area contributed by atoms with Crippen LogP contribution in [0, 0.1) is 17.6 Å². The van der Waals surface area contributed by atoms with Crippen molar-refractivity contribution in [2.75, 3.05) is 62.7 Å². The molecule has 7 aliphatic rings. The number of aromatic nitrogens is 3. The molecule has 9 N–H and O–H groups in total. The minimum atomic E-state index is -4.52. The highest BCUT2D eigenvalue weighted by Crippen LogP contribution is 2.50. The van der Waals surface area contributed by atoms with E-state index in [0.29, 0.717) is 148 Å². The van der Waals surface area contributed by atoms with Crippen LogP contribution in [0.3, 0.4) is 0 Å². The number of carbonyl (C=O) groups is 4. The highest BCUT2D eigenvalue weighted by molar-refractivity contribution is 7.89. The van der Waals surface area contributed by atoms with E-state index in [1.165, 1.54) is 75.7 Å². The SMILES string of the molecule is C[N+]1=C(/C=C/C=C/C=C2\N(CCCCCC(=O)NCc3cn(-c4cccc(C(=O)N[C@@H](CCCCN)C(=O)COc5c(F)cc(CNC(=O)C6CCN(S(=O)(=O)c7ccccc7-c7c8cc/c(=[N+]9\CCc%10cc(S(=O)(=O)O)ccc%109)cc-8oc8cc(N9CCc%10cc(S(=O)(=O)O)ccc%109)ccc78)CC6)cc5F)c4)nn3)c3ccc(S(=O)(=O)O)cc3C2(C)C)C(C)(C)c2cc(S(=O)(=O)O)ccc21. The van der Waals surface area contributed by atoms with Gasteiger partial charge in [0.1, 0.15) is 30.7 Å². The second-order valence-electron chi connectivity index (χ2n) is 35.3. The van der Waals surface area contributed by atoms with E-state index in [-0.39, 0.29) is 99.9 Å². The van der Waals surface area contributed by atoms with Gasteiger partial charge in [-0.15, -0.1) is 5.10 Å². The van der Waals surface area contributed by atoms with Crippen molar-refractivity contribution in [2.24, 2.45) is 11.7 Å². The molecule has 0 unspecified atom stereocenters. The van der Waals surface area contributed by atoms with E-state index in [1.54, 1.807) is 60.8 Å². The molecule has 3 amide bonds. The number of rotatable bonds is 33. The molecule has 1 atom stereocenters.